The average molecular weight is 183 g/mol. The van der Waals surface area contributed by atoms with Gasteiger partial charge in [0.05, 0.1) is 6.61 Å². The fourth-order valence-corrected chi connectivity index (χ4v) is 1.13. The van der Waals surface area contributed by atoms with Gasteiger partial charge in [0, 0.05) is 38.4 Å². The van der Waals surface area contributed by atoms with Crippen LogP contribution in [0.1, 0.15) is 12.7 Å². The topological polar surface area (TPSA) is 50.1 Å². The molecule has 1 heterocycles. The van der Waals surface area contributed by atoms with Crippen LogP contribution in [0.15, 0.2) is 12.4 Å². The largest absolute Gasteiger partial charge is 0.395 e. The number of rotatable bonds is 5. The SMILES string of the molecule is CC(CO)NCCc1nccn1C. The van der Waals surface area contributed by atoms with E-state index in [4.69, 9.17) is 5.11 Å². The van der Waals surface area contributed by atoms with E-state index in [2.05, 4.69) is 10.3 Å². The standard InChI is InChI=1S/C9H17N3O/c1-8(7-13)10-4-3-9-11-5-6-12(9)2/h5-6,8,10,13H,3-4,7H2,1-2H3. The molecule has 0 aliphatic heterocycles. The Bertz CT molecular complexity index is 247. The first-order chi connectivity index (χ1) is 6.24. The number of aryl methyl sites for hydroxylation is 1. The molecule has 0 saturated carbocycles. The molecule has 0 amide bonds. The van der Waals surface area contributed by atoms with E-state index in [1.54, 1.807) is 6.20 Å². The zero-order valence-corrected chi connectivity index (χ0v) is 8.20. The van der Waals surface area contributed by atoms with Crippen LogP contribution in [0, 0.1) is 0 Å². The molecule has 1 unspecified atom stereocenters. The molecule has 0 aliphatic carbocycles. The van der Waals surface area contributed by atoms with Crippen molar-refractivity contribution in [1.82, 2.24) is 14.9 Å². The summed E-state index contributed by atoms with van der Waals surface area (Å²) in [5, 5.41) is 12.0. The second-order valence-electron chi connectivity index (χ2n) is 3.24. The molecule has 13 heavy (non-hydrogen) atoms. The smallest absolute Gasteiger partial charge is 0.109 e. The van der Waals surface area contributed by atoms with Crippen molar-refractivity contribution in [3.05, 3.63) is 18.2 Å². The molecule has 0 bridgehead atoms. The van der Waals surface area contributed by atoms with E-state index in [0.29, 0.717) is 0 Å². The molecule has 2 N–H and O–H groups in total. The molecule has 1 rings (SSSR count). The van der Waals surface area contributed by atoms with Crippen molar-refractivity contribution in [3.63, 3.8) is 0 Å². The van der Waals surface area contributed by atoms with E-state index in [1.165, 1.54) is 0 Å². The molecule has 0 aliphatic rings. The van der Waals surface area contributed by atoms with Crippen LogP contribution < -0.4 is 5.32 Å². The summed E-state index contributed by atoms with van der Waals surface area (Å²) in [5.74, 6) is 1.07. The van der Waals surface area contributed by atoms with Gasteiger partial charge in [0.15, 0.2) is 0 Å². The Morgan fingerprint density at radius 2 is 2.46 bits per heavy atom. The Balaban J connectivity index is 2.24. The van der Waals surface area contributed by atoms with Gasteiger partial charge in [-0.05, 0) is 6.92 Å². The summed E-state index contributed by atoms with van der Waals surface area (Å²) >= 11 is 0. The fourth-order valence-electron chi connectivity index (χ4n) is 1.13. The van der Waals surface area contributed by atoms with Crippen LogP contribution in [0.25, 0.3) is 0 Å². The van der Waals surface area contributed by atoms with Gasteiger partial charge in [0.2, 0.25) is 0 Å². The van der Waals surface area contributed by atoms with Gasteiger partial charge in [-0.2, -0.15) is 0 Å². The minimum absolute atomic E-state index is 0.167. The summed E-state index contributed by atoms with van der Waals surface area (Å²) < 4.78 is 2.01. The van der Waals surface area contributed by atoms with Gasteiger partial charge in [-0.3, -0.25) is 0 Å². The van der Waals surface area contributed by atoms with Crippen molar-refractivity contribution in [2.75, 3.05) is 13.2 Å². The molecule has 74 valence electrons. The minimum Gasteiger partial charge on any atom is -0.395 e. The van der Waals surface area contributed by atoms with E-state index < -0.39 is 0 Å². The van der Waals surface area contributed by atoms with Gasteiger partial charge in [0.25, 0.3) is 0 Å². The molecular weight excluding hydrogens is 166 g/mol. The molecule has 0 saturated heterocycles. The van der Waals surface area contributed by atoms with Crippen molar-refractivity contribution in [2.45, 2.75) is 19.4 Å². The third kappa shape index (κ3) is 3.16. The summed E-state index contributed by atoms with van der Waals surface area (Å²) in [5.41, 5.74) is 0. The number of nitrogens with one attached hydrogen (secondary N) is 1. The Morgan fingerprint density at radius 3 is 3.00 bits per heavy atom. The molecule has 4 heteroatoms. The lowest BCUT2D eigenvalue weighted by atomic mass is 10.3. The highest BCUT2D eigenvalue weighted by molar-refractivity contribution is 4.91. The summed E-state index contributed by atoms with van der Waals surface area (Å²) in [6, 6.07) is 0.167. The number of aromatic nitrogens is 2. The molecule has 4 nitrogen and oxygen atoms in total. The number of hydrogen-bond donors (Lipinski definition) is 2. The van der Waals surface area contributed by atoms with Crippen LogP contribution in [0.3, 0.4) is 0 Å². The summed E-state index contributed by atoms with van der Waals surface area (Å²) in [7, 11) is 1.98. The van der Waals surface area contributed by atoms with Crippen LogP contribution in [0.5, 0.6) is 0 Å². The van der Waals surface area contributed by atoms with Crippen LogP contribution in [-0.4, -0.2) is 33.9 Å². The zero-order valence-electron chi connectivity index (χ0n) is 8.20. The van der Waals surface area contributed by atoms with E-state index in [0.717, 1.165) is 18.8 Å². The van der Waals surface area contributed by atoms with Gasteiger partial charge in [-0.25, -0.2) is 4.98 Å². The Labute approximate surface area is 78.6 Å². The Hall–Kier alpha value is -0.870. The Morgan fingerprint density at radius 1 is 1.69 bits per heavy atom. The van der Waals surface area contributed by atoms with Crippen molar-refractivity contribution in [3.8, 4) is 0 Å². The second-order valence-corrected chi connectivity index (χ2v) is 3.24. The second kappa shape index (κ2) is 4.99. The number of aliphatic hydroxyl groups excluding tert-OH is 1. The number of imidazole rings is 1. The maximum absolute atomic E-state index is 8.76. The molecule has 0 aromatic carbocycles. The van der Waals surface area contributed by atoms with E-state index in [9.17, 15) is 0 Å². The quantitative estimate of drug-likeness (QED) is 0.672. The monoisotopic (exact) mass is 183 g/mol. The van der Waals surface area contributed by atoms with Crippen molar-refractivity contribution < 1.29 is 5.11 Å². The van der Waals surface area contributed by atoms with Crippen LogP contribution in [-0.2, 0) is 13.5 Å². The zero-order chi connectivity index (χ0) is 9.68. The van der Waals surface area contributed by atoms with E-state index in [-0.39, 0.29) is 12.6 Å². The number of nitrogens with zero attached hydrogens (tertiary/aromatic N) is 2. The third-order valence-electron chi connectivity index (χ3n) is 2.04. The van der Waals surface area contributed by atoms with Crippen LogP contribution >= 0.6 is 0 Å². The average Bonchev–Trinajstić information content (AvgIpc) is 2.52. The Kier molecular flexibility index (Phi) is 3.92. The maximum atomic E-state index is 8.76. The fraction of sp³-hybridized carbons (Fsp3) is 0.667. The maximum Gasteiger partial charge on any atom is 0.109 e. The van der Waals surface area contributed by atoms with E-state index in [1.807, 2.05) is 24.7 Å². The predicted molar refractivity (Wildman–Crippen MR) is 51.5 cm³/mol. The molecular formula is C9H17N3O. The first kappa shape index (κ1) is 10.2. The minimum atomic E-state index is 0.167. The molecule has 0 radical (unpaired) electrons. The van der Waals surface area contributed by atoms with Gasteiger partial charge in [0.1, 0.15) is 5.82 Å². The van der Waals surface area contributed by atoms with Gasteiger partial charge in [-0.1, -0.05) is 0 Å². The van der Waals surface area contributed by atoms with E-state index >= 15 is 0 Å². The number of hydrogen-bond acceptors (Lipinski definition) is 3. The third-order valence-corrected chi connectivity index (χ3v) is 2.04. The lowest BCUT2D eigenvalue weighted by Crippen LogP contribution is -2.31. The first-order valence-electron chi connectivity index (χ1n) is 4.54. The van der Waals surface area contributed by atoms with Crippen LogP contribution in [0.2, 0.25) is 0 Å². The summed E-state index contributed by atoms with van der Waals surface area (Å²) in [6.07, 6.45) is 4.63. The lowest BCUT2D eigenvalue weighted by Gasteiger charge is -2.09. The predicted octanol–water partition coefficient (Wildman–Crippen LogP) is -0.0670. The number of aliphatic hydroxyl groups is 1. The molecule has 1 aromatic rings. The summed E-state index contributed by atoms with van der Waals surface area (Å²) in [4.78, 5) is 4.20. The summed E-state index contributed by atoms with van der Waals surface area (Å²) in [6.45, 7) is 2.99. The highest BCUT2D eigenvalue weighted by Crippen LogP contribution is 1.94. The lowest BCUT2D eigenvalue weighted by molar-refractivity contribution is 0.252. The van der Waals surface area contributed by atoms with Gasteiger partial charge < -0.3 is 15.0 Å². The van der Waals surface area contributed by atoms with Crippen LogP contribution in [0.4, 0.5) is 0 Å². The molecule has 1 aromatic heterocycles. The first-order valence-corrected chi connectivity index (χ1v) is 4.54. The van der Waals surface area contributed by atoms with Crippen molar-refractivity contribution in [1.29, 1.82) is 0 Å². The van der Waals surface area contributed by atoms with Crippen molar-refractivity contribution >= 4 is 0 Å². The van der Waals surface area contributed by atoms with Crippen molar-refractivity contribution in [2.24, 2.45) is 7.05 Å². The highest BCUT2D eigenvalue weighted by atomic mass is 16.3. The highest BCUT2D eigenvalue weighted by Gasteiger charge is 2.00. The molecule has 0 spiro atoms. The van der Waals surface area contributed by atoms with Gasteiger partial charge >= 0.3 is 0 Å². The molecule has 1 atom stereocenters. The normalized spacial score (nSPS) is 13.2. The molecule has 0 fully saturated rings. The van der Waals surface area contributed by atoms with Gasteiger partial charge in [-0.15, -0.1) is 0 Å².